The van der Waals surface area contributed by atoms with E-state index in [0.717, 1.165) is 23.3 Å². The largest absolute Gasteiger partial charge is 0.497 e. The second-order valence-corrected chi connectivity index (χ2v) is 3.45. The summed E-state index contributed by atoms with van der Waals surface area (Å²) >= 11 is 0. The molecule has 0 bridgehead atoms. The van der Waals surface area contributed by atoms with Crippen molar-refractivity contribution in [2.45, 2.75) is 19.3 Å². The van der Waals surface area contributed by atoms with Crippen LogP contribution in [-0.4, -0.2) is 20.5 Å². The molecule has 0 spiro atoms. The Morgan fingerprint density at radius 3 is 2.13 bits per heavy atom. The van der Waals surface area contributed by atoms with Crippen LogP contribution in [0.5, 0.6) is 11.5 Å². The highest BCUT2D eigenvalue weighted by molar-refractivity contribution is 5.52. The maximum atomic E-state index is 10.4. The van der Waals surface area contributed by atoms with E-state index in [0.29, 0.717) is 6.42 Å². The van der Waals surface area contributed by atoms with Crippen molar-refractivity contribution >= 4 is 6.29 Å². The smallest absolute Gasteiger partial charge is 0.122 e. The minimum absolute atomic E-state index is 0.187. The Hall–Kier alpha value is -1.51. The molecule has 0 radical (unpaired) electrons. The third-order valence-electron chi connectivity index (χ3n) is 2.39. The maximum Gasteiger partial charge on any atom is 0.122 e. The van der Waals surface area contributed by atoms with Gasteiger partial charge >= 0.3 is 0 Å². The number of hydrogen-bond acceptors (Lipinski definition) is 3. The summed E-state index contributed by atoms with van der Waals surface area (Å²) in [6, 6.07) is 5.67. The molecule has 0 saturated carbocycles. The molecular weight excluding hydrogens is 192 g/mol. The molecule has 0 saturated heterocycles. The van der Waals surface area contributed by atoms with Crippen molar-refractivity contribution in [2.75, 3.05) is 14.2 Å². The number of aldehydes is 1. The monoisotopic (exact) mass is 208 g/mol. The molecular formula is C12H16O3. The summed E-state index contributed by atoms with van der Waals surface area (Å²) in [5.74, 6) is 1.69. The van der Waals surface area contributed by atoms with Gasteiger partial charge in [0.15, 0.2) is 0 Å². The second kappa shape index (κ2) is 5.39. The van der Waals surface area contributed by atoms with E-state index < -0.39 is 0 Å². The van der Waals surface area contributed by atoms with Gasteiger partial charge < -0.3 is 14.3 Å². The first-order valence-corrected chi connectivity index (χ1v) is 4.88. The average molecular weight is 208 g/mol. The number of carbonyl (C=O) groups is 1. The average Bonchev–Trinajstić information content (AvgIpc) is 2.28. The highest BCUT2D eigenvalue weighted by Crippen LogP contribution is 2.28. The van der Waals surface area contributed by atoms with Crippen molar-refractivity contribution in [3.8, 4) is 11.5 Å². The number of ether oxygens (including phenoxy) is 2. The molecule has 15 heavy (non-hydrogen) atoms. The number of rotatable bonds is 5. The van der Waals surface area contributed by atoms with Crippen LogP contribution in [0.2, 0.25) is 0 Å². The summed E-state index contributed by atoms with van der Waals surface area (Å²) in [5, 5.41) is 0. The van der Waals surface area contributed by atoms with E-state index in [1.807, 2.05) is 25.1 Å². The van der Waals surface area contributed by atoms with Crippen LogP contribution in [0.25, 0.3) is 0 Å². The number of benzene rings is 1. The fourth-order valence-electron chi connectivity index (χ4n) is 1.39. The lowest BCUT2D eigenvalue weighted by Crippen LogP contribution is -1.96. The van der Waals surface area contributed by atoms with Gasteiger partial charge in [-0.25, -0.2) is 0 Å². The highest BCUT2D eigenvalue weighted by Gasteiger charge is 2.08. The fraction of sp³-hybridized carbons (Fsp3) is 0.417. The second-order valence-electron chi connectivity index (χ2n) is 3.45. The number of hydrogen-bond donors (Lipinski definition) is 0. The van der Waals surface area contributed by atoms with Gasteiger partial charge in [-0.2, -0.15) is 0 Å². The molecule has 82 valence electrons. The summed E-state index contributed by atoms with van der Waals surface area (Å²) in [6.07, 6.45) is 1.44. The molecule has 1 aromatic carbocycles. The van der Waals surface area contributed by atoms with Gasteiger partial charge in [-0.05, 0) is 23.6 Å². The third kappa shape index (κ3) is 2.98. The van der Waals surface area contributed by atoms with Crippen LogP contribution >= 0.6 is 0 Å². The van der Waals surface area contributed by atoms with E-state index in [1.165, 1.54) is 0 Å². The quantitative estimate of drug-likeness (QED) is 0.697. The van der Waals surface area contributed by atoms with Crippen LogP contribution in [0.1, 0.15) is 24.8 Å². The molecule has 0 amide bonds. The normalized spacial score (nSPS) is 11.9. The summed E-state index contributed by atoms with van der Waals surface area (Å²) in [4.78, 5) is 10.4. The van der Waals surface area contributed by atoms with Gasteiger partial charge in [-0.1, -0.05) is 6.92 Å². The van der Waals surface area contributed by atoms with Crippen molar-refractivity contribution in [1.29, 1.82) is 0 Å². The Morgan fingerprint density at radius 2 is 1.73 bits per heavy atom. The number of methoxy groups -OCH3 is 2. The van der Waals surface area contributed by atoms with Gasteiger partial charge in [0, 0.05) is 12.5 Å². The molecule has 1 atom stereocenters. The van der Waals surface area contributed by atoms with E-state index in [-0.39, 0.29) is 5.92 Å². The van der Waals surface area contributed by atoms with Gasteiger partial charge in [0.05, 0.1) is 14.2 Å². The molecule has 0 fully saturated rings. The Balaban J connectivity index is 3.00. The maximum absolute atomic E-state index is 10.4. The van der Waals surface area contributed by atoms with E-state index in [4.69, 9.17) is 9.47 Å². The first-order chi connectivity index (χ1) is 7.21. The molecule has 0 aromatic heterocycles. The molecule has 0 N–H and O–H groups in total. The predicted octanol–water partition coefficient (Wildman–Crippen LogP) is 2.40. The summed E-state index contributed by atoms with van der Waals surface area (Å²) in [5.41, 5.74) is 1.05. The summed E-state index contributed by atoms with van der Waals surface area (Å²) in [6.45, 7) is 2.00. The van der Waals surface area contributed by atoms with Crippen LogP contribution in [-0.2, 0) is 4.79 Å². The van der Waals surface area contributed by atoms with Crippen molar-refractivity contribution in [2.24, 2.45) is 0 Å². The van der Waals surface area contributed by atoms with Crippen molar-refractivity contribution in [3.05, 3.63) is 23.8 Å². The van der Waals surface area contributed by atoms with Gasteiger partial charge in [-0.3, -0.25) is 0 Å². The topological polar surface area (TPSA) is 35.5 Å². The molecule has 1 rings (SSSR count). The van der Waals surface area contributed by atoms with Gasteiger partial charge in [0.2, 0.25) is 0 Å². The van der Waals surface area contributed by atoms with E-state index >= 15 is 0 Å². The standard InChI is InChI=1S/C12H16O3/c1-9(4-5-13)10-6-11(14-2)8-12(7-10)15-3/h5-9H,4H2,1-3H3. The fourth-order valence-corrected chi connectivity index (χ4v) is 1.39. The van der Waals surface area contributed by atoms with Crippen molar-refractivity contribution < 1.29 is 14.3 Å². The Morgan fingerprint density at radius 1 is 1.20 bits per heavy atom. The van der Waals surface area contributed by atoms with E-state index in [2.05, 4.69) is 0 Å². The first-order valence-electron chi connectivity index (χ1n) is 4.88. The SMILES string of the molecule is COc1cc(OC)cc(C(C)CC=O)c1. The van der Waals surface area contributed by atoms with Gasteiger partial charge in [0.25, 0.3) is 0 Å². The lowest BCUT2D eigenvalue weighted by Gasteiger charge is -2.12. The predicted molar refractivity (Wildman–Crippen MR) is 58.6 cm³/mol. The van der Waals surface area contributed by atoms with Crippen molar-refractivity contribution in [1.82, 2.24) is 0 Å². The Labute approximate surface area is 90.0 Å². The zero-order chi connectivity index (χ0) is 11.3. The molecule has 0 aliphatic heterocycles. The zero-order valence-corrected chi connectivity index (χ0v) is 9.32. The minimum Gasteiger partial charge on any atom is -0.497 e. The van der Waals surface area contributed by atoms with Crippen LogP contribution in [0.4, 0.5) is 0 Å². The molecule has 3 nitrogen and oxygen atoms in total. The lowest BCUT2D eigenvalue weighted by atomic mass is 9.98. The number of carbonyl (C=O) groups excluding carboxylic acids is 1. The molecule has 3 heteroatoms. The van der Waals surface area contributed by atoms with Crippen LogP contribution in [0.3, 0.4) is 0 Å². The zero-order valence-electron chi connectivity index (χ0n) is 9.32. The molecule has 1 aromatic rings. The van der Waals surface area contributed by atoms with Gasteiger partial charge in [-0.15, -0.1) is 0 Å². The third-order valence-corrected chi connectivity index (χ3v) is 2.39. The van der Waals surface area contributed by atoms with Crippen molar-refractivity contribution in [3.63, 3.8) is 0 Å². The van der Waals surface area contributed by atoms with E-state index in [1.54, 1.807) is 14.2 Å². The van der Waals surface area contributed by atoms with Crippen LogP contribution in [0, 0.1) is 0 Å². The Kier molecular flexibility index (Phi) is 4.16. The van der Waals surface area contributed by atoms with Crippen LogP contribution < -0.4 is 9.47 Å². The molecule has 0 aliphatic carbocycles. The molecule has 0 aliphatic rings. The van der Waals surface area contributed by atoms with Crippen LogP contribution in [0.15, 0.2) is 18.2 Å². The lowest BCUT2D eigenvalue weighted by molar-refractivity contribution is -0.108. The highest BCUT2D eigenvalue weighted by atomic mass is 16.5. The van der Waals surface area contributed by atoms with Gasteiger partial charge in [0.1, 0.15) is 17.8 Å². The minimum atomic E-state index is 0.187. The molecule has 1 unspecified atom stereocenters. The van der Waals surface area contributed by atoms with E-state index in [9.17, 15) is 4.79 Å². The molecule has 0 heterocycles. The summed E-state index contributed by atoms with van der Waals surface area (Å²) in [7, 11) is 3.23. The Bertz CT molecular complexity index is 311. The summed E-state index contributed by atoms with van der Waals surface area (Å²) < 4.78 is 10.3. The first kappa shape index (κ1) is 11.6.